The van der Waals surface area contributed by atoms with Gasteiger partial charge in [-0.25, -0.2) is 0 Å². The van der Waals surface area contributed by atoms with Gasteiger partial charge in [0.15, 0.2) is 0 Å². The average molecular weight is 286 g/mol. The fourth-order valence-corrected chi connectivity index (χ4v) is 2.33. The van der Waals surface area contributed by atoms with Crippen molar-refractivity contribution in [1.82, 2.24) is 0 Å². The Morgan fingerprint density at radius 2 is 1.23 bits per heavy atom. The predicted octanol–water partition coefficient (Wildman–Crippen LogP) is 5.73. The molecule has 0 saturated carbocycles. The molecule has 3 aromatic carbocycles. The van der Waals surface area contributed by atoms with Crippen LogP contribution in [0.2, 0.25) is 0 Å². The highest BCUT2D eigenvalue weighted by Gasteiger charge is 2.02. The number of benzene rings is 3. The van der Waals surface area contributed by atoms with Crippen molar-refractivity contribution in [1.29, 1.82) is 0 Å². The lowest BCUT2D eigenvalue weighted by atomic mass is 10.00. The van der Waals surface area contributed by atoms with E-state index in [-0.39, 0.29) is 0 Å². The molecule has 3 aromatic rings. The van der Waals surface area contributed by atoms with E-state index in [1.165, 1.54) is 5.56 Å². The summed E-state index contributed by atoms with van der Waals surface area (Å²) in [4.78, 5) is 0. The summed E-state index contributed by atoms with van der Waals surface area (Å²) in [7, 11) is 0. The number of allylic oxidation sites excluding steroid dienone is 1. The van der Waals surface area contributed by atoms with Gasteiger partial charge in [0, 0.05) is 0 Å². The van der Waals surface area contributed by atoms with Crippen molar-refractivity contribution >= 4 is 5.57 Å². The van der Waals surface area contributed by atoms with Gasteiger partial charge in [-0.3, -0.25) is 0 Å². The normalized spacial score (nSPS) is 10.2. The lowest BCUT2D eigenvalue weighted by molar-refractivity contribution is 0.482. The van der Waals surface area contributed by atoms with Gasteiger partial charge in [-0.1, -0.05) is 67.2 Å². The van der Waals surface area contributed by atoms with Gasteiger partial charge in [-0.2, -0.15) is 0 Å². The molecule has 0 saturated heterocycles. The van der Waals surface area contributed by atoms with Crippen LogP contribution < -0.4 is 4.74 Å². The Hall–Kier alpha value is -2.80. The molecule has 0 unspecified atom stereocenters. The molecule has 0 amide bonds. The van der Waals surface area contributed by atoms with Crippen LogP contribution in [0.25, 0.3) is 5.57 Å². The van der Waals surface area contributed by atoms with Crippen molar-refractivity contribution in [2.24, 2.45) is 0 Å². The largest absolute Gasteiger partial charge is 0.457 e. The Morgan fingerprint density at radius 1 is 0.682 bits per heavy atom. The SMILES string of the molecule is C=C(Cc1ccccc1)c1ccc(Oc2ccccc2)cc1. The van der Waals surface area contributed by atoms with Gasteiger partial charge in [0.1, 0.15) is 11.5 Å². The van der Waals surface area contributed by atoms with E-state index in [4.69, 9.17) is 4.74 Å². The predicted molar refractivity (Wildman–Crippen MR) is 92.1 cm³/mol. The minimum Gasteiger partial charge on any atom is -0.457 e. The molecule has 108 valence electrons. The van der Waals surface area contributed by atoms with E-state index in [9.17, 15) is 0 Å². The van der Waals surface area contributed by atoms with Crippen molar-refractivity contribution in [2.75, 3.05) is 0 Å². The first kappa shape index (κ1) is 14.2. The van der Waals surface area contributed by atoms with E-state index in [0.717, 1.165) is 29.1 Å². The highest BCUT2D eigenvalue weighted by Crippen LogP contribution is 2.24. The zero-order chi connectivity index (χ0) is 15.2. The van der Waals surface area contributed by atoms with Crippen LogP contribution in [0.15, 0.2) is 91.5 Å². The molecule has 0 aromatic heterocycles. The van der Waals surface area contributed by atoms with Gasteiger partial charge in [0.2, 0.25) is 0 Å². The van der Waals surface area contributed by atoms with E-state index < -0.39 is 0 Å². The van der Waals surface area contributed by atoms with Crippen LogP contribution in [0, 0.1) is 0 Å². The summed E-state index contributed by atoms with van der Waals surface area (Å²) in [5.41, 5.74) is 3.53. The zero-order valence-electron chi connectivity index (χ0n) is 12.4. The molecule has 0 bridgehead atoms. The summed E-state index contributed by atoms with van der Waals surface area (Å²) in [6.45, 7) is 4.19. The molecular formula is C21H18O. The zero-order valence-corrected chi connectivity index (χ0v) is 12.4. The molecule has 0 aliphatic rings. The molecule has 1 heteroatoms. The standard InChI is InChI=1S/C21H18O/c1-17(16-18-8-4-2-5-9-18)19-12-14-21(15-13-19)22-20-10-6-3-7-11-20/h2-15H,1,16H2. The molecule has 0 N–H and O–H groups in total. The Labute approximate surface area is 131 Å². The van der Waals surface area contributed by atoms with Crippen molar-refractivity contribution in [3.8, 4) is 11.5 Å². The second kappa shape index (κ2) is 6.77. The first-order chi connectivity index (χ1) is 10.8. The molecule has 0 aliphatic carbocycles. The van der Waals surface area contributed by atoms with E-state index >= 15 is 0 Å². The highest BCUT2D eigenvalue weighted by atomic mass is 16.5. The monoisotopic (exact) mass is 286 g/mol. The van der Waals surface area contributed by atoms with Gasteiger partial charge in [-0.05, 0) is 47.4 Å². The summed E-state index contributed by atoms with van der Waals surface area (Å²) in [5, 5.41) is 0. The number of hydrogen-bond donors (Lipinski definition) is 0. The van der Waals surface area contributed by atoms with Gasteiger partial charge < -0.3 is 4.74 Å². The van der Waals surface area contributed by atoms with Crippen molar-refractivity contribution in [3.05, 3.63) is 103 Å². The molecule has 3 rings (SSSR count). The first-order valence-corrected chi connectivity index (χ1v) is 7.36. The third kappa shape index (κ3) is 3.64. The van der Waals surface area contributed by atoms with Crippen LogP contribution in [-0.4, -0.2) is 0 Å². The number of hydrogen-bond acceptors (Lipinski definition) is 1. The summed E-state index contributed by atoms with van der Waals surface area (Å²) >= 11 is 0. The molecular weight excluding hydrogens is 268 g/mol. The Balaban J connectivity index is 1.67. The van der Waals surface area contributed by atoms with E-state index in [2.05, 4.69) is 43.0 Å². The number of ether oxygens (including phenoxy) is 1. The fourth-order valence-electron chi connectivity index (χ4n) is 2.33. The Kier molecular flexibility index (Phi) is 4.35. The van der Waals surface area contributed by atoms with Crippen LogP contribution in [0.4, 0.5) is 0 Å². The first-order valence-electron chi connectivity index (χ1n) is 7.36. The van der Waals surface area contributed by atoms with E-state index in [1.54, 1.807) is 0 Å². The van der Waals surface area contributed by atoms with Crippen LogP contribution in [-0.2, 0) is 6.42 Å². The highest BCUT2D eigenvalue weighted by molar-refractivity contribution is 5.66. The Bertz CT molecular complexity index is 728. The molecule has 0 spiro atoms. The van der Waals surface area contributed by atoms with Crippen molar-refractivity contribution in [3.63, 3.8) is 0 Å². The molecule has 1 nitrogen and oxygen atoms in total. The lowest BCUT2D eigenvalue weighted by Crippen LogP contribution is -1.90. The van der Waals surface area contributed by atoms with Crippen LogP contribution in [0.3, 0.4) is 0 Å². The third-order valence-electron chi connectivity index (χ3n) is 3.50. The lowest BCUT2D eigenvalue weighted by Gasteiger charge is -2.09. The fraction of sp³-hybridized carbons (Fsp3) is 0.0476. The van der Waals surface area contributed by atoms with E-state index in [1.807, 2.05) is 48.5 Å². The minimum atomic E-state index is 0.836. The third-order valence-corrected chi connectivity index (χ3v) is 3.50. The smallest absolute Gasteiger partial charge is 0.127 e. The van der Waals surface area contributed by atoms with Gasteiger partial charge in [-0.15, -0.1) is 0 Å². The summed E-state index contributed by atoms with van der Waals surface area (Å²) < 4.78 is 5.80. The molecule has 0 aliphatic heterocycles. The van der Waals surface area contributed by atoms with Gasteiger partial charge in [0.05, 0.1) is 0 Å². The second-order valence-electron chi connectivity index (χ2n) is 5.21. The van der Waals surface area contributed by atoms with Crippen LogP contribution in [0.5, 0.6) is 11.5 Å². The van der Waals surface area contributed by atoms with Crippen molar-refractivity contribution in [2.45, 2.75) is 6.42 Å². The minimum absolute atomic E-state index is 0.836. The van der Waals surface area contributed by atoms with Crippen molar-refractivity contribution < 1.29 is 4.74 Å². The molecule has 0 heterocycles. The van der Waals surface area contributed by atoms with Crippen LogP contribution in [0.1, 0.15) is 11.1 Å². The average Bonchev–Trinajstić information content (AvgIpc) is 2.57. The summed E-state index contributed by atoms with van der Waals surface area (Å²) in [6, 6.07) is 28.3. The van der Waals surface area contributed by atoms with E-state index in [0.29, 0.717) is 0 Å². The number of rotatable bonds is 5. The molecule has 0 atom stereocenters. The van der Waals surface area contributed by atoms with Gasteiger partial charge in [0.25, 0.3) is 0 Å². The van der Waals surface area contributed by atoms with Gasteiger partial charge >= 0.3 is 0 Å². The summed E-state index contributed by atoms with van der Waals surface area (Å²) in [6.07, 6.45) is 0.861. The maximum Gasteiger partial charge on any atom is 0.127 e. The van der Waals surface area contributed by atoms with Crippen LogP contribution >= 0.6 is 0 Å². The molecule has 0 fully saturated rings. The number of para-hydroxylation sites is 1. The topological polar surface area (TPSA) is 9.23 Å². The Morgan fingerprint density at radius 3 is 1.86 bits per heavy atom. The summed E-state index contributed by atoms with van der Waals surface area (Å²) in [5.74, 6) is 1.68. The molecule has 22 heavy (non-hydrogen) atoms. The molecule has 0 radical (unpaired) electrons. The maximum absolute atomic E-state index is 5.80. The maximum atomic E-state index is 5.80. The second-order valence-corrected chi connectivity index (χ2v) is 5.21. The quantitative estimate of drug-likeness (QED) is 0.581.